The van der Waals surface area contributed by atoms with Gasteiger partial charge < -0.3 is 5.32 Å². The predicted molar refractivity (Wildman–Crippen MR) is 95.3 cm³/mol. The maximum atomic E-state index is 12.0. The third-order valence-corrected chi connectivity index (χ3v) is 6.21. The standard InChI is InChI=1S/C18H27N3OS/c22-18(20-13-16-2-1-8-19-12-16)4-3-15-5-9-21(10-6-15)17-7-11-23-14-17/h1-2,8,12,15,17H,3-7,9-11,13-14H2,(H,20,22). The zero-order valence-corrected chi connectivity index (χ0v) is 14.6. The number of pyridine rings is 1. The third kappa shape index (κ3) is 5.21. The molecule has 3 rings (SSSR count). The fourth-order valence-electron chi connectivity index (χ4n) is 3.54. The number of carbonyl (C=O) groups excluding carboxylic acids is 1. The van der Waals surface area contributed by atoms with Gasteiger partial charge in [0.05, 0.1) is 0 Å². The average Bonchev–Trinajstić information content (AvgIpc) is 3.14. The molecule has 0 saturated carbocycles. The van der Waals surface area contributed by atoms with Crippen LogP contribution in [-0.2, 0) is 11.3 Å². The number of hydrogen-bond donors (Lipinski definition) is 1. The first-order valence-corrected chi connectivity index (χ1v) is 9.94. The summed E-state index contributed by atoms with van der Waals surface area (Å²) >= 11 is 2.10. The van der Waals surface area contributed by atoms with E-state index in [0.29, 0.717) is 13.0 Å². The van der Waals surface area contributed by atoms with Gasteiger partial charge in [-0.2, -0.15) is 11.8 Å². The number of carbonyl (C=O) groups is 1. The molecule has 2 aliphatic heterocycles. The van der Waals surface area contributed by atoms with Crippen LogP contribution in [0.5, 0.6) is 0 Å². The predicted octanol–water partition coefficient (Wildman–Crippen LogP) is 2.70. The van der Waals surface area contributed by atoms with E-state index >= 15 is 0 Å². The van der Waals surface area contributed by atoms with Gasteiger partial charge in [0.1, 0.15) is 0 Å². The van der Waals surface area contributed by atoms with Crippen molar-refractivity contribution >= 4 is 17.7 Å². The van der Waals surface area contributed by atoms with Crippen molar-refractivity contribution in [2.45, 2.75) is 44.7 Å². The minimum Gasteiger partial charge on any atom is -0.352 e. The van der Waals surface area contributed by atoms with Gasteiger partial charge in [0, 0.05) is 37.2 Å². The highest BCUT2D eigenvalue weighted by Gasteiger charge is 2.27. The number of amides is 1. The van der Waals surface area contributed by atoms with Crippen molar-refractivity contribution in [3.8, 4) is 0 Å². The van der Waals surface area contributed by atoms with Crippen molar-refractivity contribution in [1.29, 1.82) is 0 Å². The molecule has 0 aromatic carbocycles. The Morgan fingerprint density at radius 2 is 2.22 bits per heavy atom. The molecule has 0 radical (unpaired) electrons. The lowest BCUT2D eigenvalue weighted by Crippen LogP contribution is -2.41. The second-order valence-electron chi connectivity index (χ2n) is 6.67. The van der Waals surface area contributed by atoms with Gasteiger partial charge in [0.15, 0.2) is 0 Å². The minimum absolute atomic E-state index is 0.170. The van der Waals surface area contributed by atoms with E-state index in [1.807, 2.05) is 12.1 Å². The Balaban J connectivity index is 1.31. The minimum atomic E-state index is 0.170. The molecular weight excluding hydrogens is 306 g/mol. The van der Waals surface area contributed by atoms with Crippen LogP contribution in [0.25, 0.3) is 0 Å². The van der Waals surface area contributed by atoms with E-state index in [2.05, 4.69) is 27.0 Å². The molecule has 23 heavy (non-hydrogen) atoms. The summed E-state index contributed by atoms with van der Waals surface area (Å²) in [5.74, 6) is 3.55. The first kappa shape index (κ1) is 16.8. The summed E-state index contributed by atoms with van der Waals surface area (Å²) in [6.45, 7) is 3.05. The van der Waals surface area contributed by atoms with E-state index in [1.54, 1.807) is 12.4 Å². The molecule has 1 atom stereocenters. The maximum absolute atomic E-state index is 12.0. The molecule has 1 aromatic heterocycles. The van der Waals surface area contributed by atoms with E-state index in [4.69, 9.17) is 0 Å². The first-order valence-electron chi connectivity index (χ1n) is 8.78. The molecule has 0 aliphatic carbocycles. The van der Waals surface area contributed by atoms with Gasteiger partial charge in [0.2, 0.25) is 5.91 Å². The topological polar surface area (TPSA) is 45.2 Å². The van der Waals surface area contributed by atoms with Crippen molar-refractivity contribution in [2.24, 2.45) is 5.92 Å². The molecule has 126 valence electrons. The maximum Gasteiger partial charge on any atom is 0.220 e. The molecule has 0 spiro atoms. The zero-order chi connectivity index (χ0) is 15.9. The molecule has 2 aliphatic rings. The Morgan fingerprint density at radius 1 is 1.35 bits per heavy atom. The number of rotatable bonds is 6. The van der Waals surface area contributed by atoms with Crippen molar-refractivity contribution in [3.05, 3.63) is 30.1 Å². The Hall–Kier alpha value is -1.07. The highest BCUT2D eigenvalue weighted by atomic mass is 32.2. The van der Waals surface area contributed by atoms with Crippen molar-refractivity contribution < 1.29 is 4.79 Å². The van der Waals surface area contributed by atoms with Crippen LogP contribution < -0.4 is 5.32 Å². The molecule has 4 nitrogen and oxygen atoms in total. The number of likely N-dealkylation sites (tertiary alicyclic amines) is 1. The number of hydrogen-bond acceptors (Lipinski definition) is 4. The summed E-state index contributed by atoms with van der Waals surface area (Å²) in [6, 6.07) is 4.71. The molecule has 0 bridgehead atoms. The highest BCUT2D eigenvalue weighted by Crippen LogP contribution is 2.28. The zero-order valence-electron chi connectivity index (χ0n) is 13.7. The summed E-state index contributed by atoms with van der Waals surface area (Å²) < 4.78 is 0. The molecule has 2 saturated heterocycles. The molecule has 2 fully saturated rings. The van der Waals surface area contributed by atoms with Gasteiger partial charge in [-0.05, 0) is 62.1 Å². The van der Waals surface area contributed by atoms with E-state index in [-0.39, 0.29) is 5.91 Å². The van der Waals surface area contributed by atoms with Crippen LogP contribution in [0.4, 0.5) is 0 Å². The molecule has 1 N–H and O–H groups in total. The van der Waals surface area contributed by atoms with Crippen LogP contribution in [0.1, 0.15) is 37.7 Å². The quantitative estimate of drug-likeness (QED) is 0.869. The second kappa shape index (κ2) is 8.69. The number of nitrogens with one attached hydrogen (secondary N) is 1. The SMILES string of the molecule is O=C(CCC1CCN(C2CCSC2)CC1)NCc1cccnc1. The molecule has 5 heteroatoms. The fraction of sp³-hybridized carbons (Fsp3) is 0.667. The van der Waals surface area contributed by atoms with Gasteiger partial charge in [-0.25, -0.2) is 0 Å². The van der Waals surface area contributed by atoms with Crippen LogP contribution in [0.2, 0.25) is 0 Å². The van der Waals surface area contributed by atoms with Crippen molar-refractivity contribution in [1.82, 2.24) is 15.2 Å². The van der Waals surface area contributed by atoms with Crippen LogP contribution in [0.3, 0.4) is 0 Å². The van der Waals surface area contributed by atoms with Crippen molar-refractivity contribution in [2.75, 3.05) is 24.6 Å². The summed E-state index contributed by atoms with van der Waals surface area (Å²) in [4.78, 5) is 18.7. The van der Waals surface area contributed by atoms with Gasteiger partial charge in [-0.3, -0.25) is 14.7 Å². The molecule has 3 heterocycles. The molecule has 1 unspecified atom stereocenters. The van der Waals surface area contributed by atoms with Gasteiger partial charge in [-0.15, -0.1) is 0 Å². The van der Waals surface area contributed by atoms with Gasteiger partial charge in [-0.1, -0.05) is 6.07 Å². The summed E-state index contributed by atoms with van der Waals surface area (Å²) in [5, 5.41) is 3.00. The summed E-state index contributed by atoms with van der Waals surface area (Å²) in [7, 11) is 0. The smallest absolute Gasteiger partial charge is 0.220 e. The monoisotopic (exact) mass is 333 g/mol. The summed E-state index contributed by atoms with van der Waals surface area (Å²) in [6.07, 6.45) is 9.13. The average molecular weight is 334 g/mol. The number of nitrogens with zero attached hydrogens (tertiary/aromatic N) is 2. The summed E-state index contributed by atoms with van der Waals surface area (Å²) in [5.41, 5.74) is 1.06. The van der Waals surface area contributed by atoms with Gasteiger partial charge in [0.25, 0.3) is 0 Å². The van der Waals surface area contributed by atoms with Crippen LogP contribution in [-0.4, -0.2) is 46.4 Å². The second-order valence-corrected chi connectivity index (χ2v) is 7.82. The Morgan fingerprint density at radius 3 is 2.91 bits per heavy atom. The van der Waals surface area contributed by atoms with E-state index in [9.17, 15) is 4.79 Å². The Bertz CT molecular complexity index is 482. The van der Waals surface area contributed by atoms with Crippen LogP contribution in [0, 0.1) is 5.92 Å². The number of aromatic nitrogens is 1. The van der Waals surface area contributed by atoms with Crippen LogP contribution >= 0.6 is 11.8 Å². The lowest BCUT2D eigenvalue weighted by atomic mass is 9.91. The number of piperidine rings is 1. The Kier molecular flexibility index (Phi) is 6.34. The largest absolute Gasteiger partial charge is 0.352 e. The lowest BCUT2D eigenvalue weighted by molar-refractivity contribution is -0.121. The van der Waals surface area contributed by atoms with Crippen LogP contribution in [0.15, 0.2) is 24.5 Å². The highest BCUT2D eigenvalue weighted by molar-refractivity contribution is 7.99. The third-order valence-electron chi connectivity index (χ3n) is 5.06. The lowest BCUT2D eigenvalue weighted by Gasteiger charge is -2.35. The Labute approximate surface area is 143 Å². The fourth-order valence-corrected chi connectivity index (χ4v) is 4.80. The molecular formula is C18H27N3OS. The van der Waals surface area contributed by atoms with Crippen molar-refractivity contribution in [3.63, 3.8) is 0 Å². The van der Waals surface area contributed by atoms with E-state index < -0.39 is 0 Å². The van der Waals surface area contributed by atoms with E-state index in [0.717, 1.165) is 23.9 Å². The van der Waals surface area contributed by atoms with E-state index in [1.165, 1.54) is 43.9 Å². The molecule has 1 amide bonds. The first-order chi connectivity index (χ1) is 11.3. The van der Waals surface area contributed by atoms with Gasteiger partial charge >= 0.3 is 0 Å². The molecule has 1 aromatic rings. The normalized spacial score (nSPS) is 23.0. The number of thioether (sulfide) groups is 1.